The van der Waals surface area contributed by atoms with E-state index in [1.54, 1.807) is 43.9 Å². The van der Waals surface area contributed by atoms with E-state index in [4.69, 9.17) is 32.7 Å². The van der Waals surface area contributed by atoms with Crippen molar-refractivity contribution in [2.45, 2.75) is 84.4 Å². The van der Waals surface area contributed by atoms with Crippen LogP contribution < -0.4 is 5.32 Å². The Balaban J connectivity index is 1.65. The minimum atomic E-state index is -0.831. The molecule has 1 saturated carbocycles. The molecule has 2 aliphatic rings. The molecule has 1 aromatic rings. The van der Waals surface area contributed by atoms with Crippen LogP contribution in [0.25, 0.3) is 0 Å². The average molecular weight is 585 g/mol. The van der Waals surface area contributed by atoms with Gasteiger partial charge in [-0.1, -0.05) is 56.0 Å². The van der Waals surface area contributed by atoms with Crippen LogP contribution in [0.5, 0.6) is 0 Å². The van der Waals surface area contributed by atoms with Crippen LogP contribution >= 0.6 is 23.2 Å². The number of alkyl carbamates (subject to hydrolysis) is 1. The molecule has 0 aromatic heterocycles. The van der Waals surface area contributed by atoms with Crippen molar-refractivity contribution in [3.63, 3.8) is 0 Å². The molecule has 10 heteroatoms. The smallest absolute Gasteiger partial charge is 0.408 e. The number of piperazine rings is 1. The van der Waals surface area contributed by atoms with E-state index in [0.29, 0.717) is 41.7 Å². The van der Waals surface area contributed by atoms with Crippen molar-refractivity contribution in [1.29, 1.82) is 0 Å². The predicted molar refractivity (Wildman–Crippen MR) is 153 cm³/mol. The molecule has 218 valence electrons. The number of rotatable bonds is 8. The van der Waals surface area contributed by atoms with E-state index in [1.807, 2.05) is 13.8 Å². The largest absolute Gasteiger partial charge is 0.465 e. The van der Waals surface area contributed by atoms with Gasteiger partial charge in [-0.3, -0.25) is 14.5 Å². The van der Waals surface area contributed by atoms with Crippen LogP contribution in [0.4, 0.5) is 4.79 Å². The summed E-state index contributed by atoms with van der Waals surface area (Å²) in [7, 11) is 0. The van der Waals surface area contributed by atoms with Gasteiger partial charge in [-0.2, -0.15) is 0 Å². The Morgan fingerprint density at radius 1 is 1.05 bits per heavy atom. The van der Waals surface area contributed by atoms with Crippen LogP contribution in [0.2, 0.25) is 10.0 Å². The second kappa shape index (κ2) is 14.0. The molecular weight excluding hydrogens is 541 g/mol. The van der Waals surface area contributed by atoms with Crippen LogP contribution in [0.3, 0.4) is 0 Å². The van der Waals surface area contributed by atoms with Gasteiger partial charge in [0.25, 0.3) is 0 Å². The van der Waals surface area contributed by atoms with E-state index in [1.165, 1.54) is 0 Å². The lowest BCUT2D eigenvalue weighted by molar-refractivity contribution is -0.150. The lowest BCUT2D eigenvalue weighted by Crippen LogP contribution is -2.58. The van der Waals surface area contributed by atoms with Gasteiger partial charge in [0, 0.05) is 54.6 Å². The molecule has 0 spiro atoms. The van der Waals surface area contributed by atoms with Crippen molar-refractivity contribution >= 4 is 41.2 Å². The van der Waals surface area contributed by atoms with E-state index >= 15 is 0 Å². The lowest BCUT2D eigenvalue weighted by Gasteiger charge is -2.44. The first-order valence-electron chi connectivity index (χ1n) is 14.0. The Labute approximate surface area is 242 Å². The van der Waals surface area contributed by atoms with Gasteiger partial charge in [0.05, 0.1) is 12.5 Å². The molecule has 2 amide bonds. The summed E-state index contributed by atoms with van der Waals surface area (Å²) in [5.74, 6) is -0.152. The highest BCUT2D eigenvalue weighted by Gasteiger charge is 2.36. The molecule has 1 aliphatic heterocycles. The SMILES string of the molecule is CC(C)C(=O)OCC1CCCCC1N1CCN(C(=O)C(Cc2ccc(Cl)cc2Cl)NC(=O)OC(C)(C)C)CC1. The summed E-state index contributed by atoms with van der Waals surface area (Å²) in [4.78, 5) is 42.6. The van der Waals surface area contributed by atoms with Crippen molar-refractivity contribution in [2.75, 3.05) is 32.8 Å². The third-order valence-electron chi connectivity index (χ3n) is 7.30. The number of hydrogen-bond donors (Lipinski definition) is 1. The third-order valence-corrected chi connectivity index (χ3v) is 7.89. The van der Waals surface area contributed by atoms with Gasteiger partial charge in [0.2, 0.25) is 5.91 Å². The molecule has 3 rings (SSSR count). The van der Waals surface area contributed by atoms with Crippen LogP contribution in [-0.4, -0.2) is 78.2 Å². The monoisotopic (exact) mass is 583 g/mol. The quantitative estimate of drug-likeness (QED) is 0.416. The third kappa shape index (κ3) is 9.54. The van der Waals surface area contributed by atoms with Crippen molar-refractivity contribution < 1.29 is 23.9 Å². The van der Waals surface area contributed by atoms with E-state index in [-0.39, 0.29) is 24.2 Å². The molecule has 0 bridgehead atoms. The first-order chi connectivity index (χ1) is 18.3. The first-order valence-corrected chi connectivity index (χ1v) is 14.7. The zero-order valence-electron chi connectivity index (χ0n) is 23.8. The molecule has 1 saturated heterocycles. The van der Waals surface area contributed by atoms with Gasteiger partial charge >= 0.3 is 12.1 Å². The van der Waals surface area contributed by atoms with Gasteiger partial charge < -0.3 is 19.7 Å². The lowest BCUT2D eigenvalue weighted by atomic mass is 9.83. The first kappa shape index (κ1) is 31.5. The number of nitrogens with one attached hydrogen (secondary N) is 1. The fraction of sp³-hybridized carbons (Fsp3) is 0.690. The molecule has 0 radical (unpaired) electrons. The minimum Gasteiger partial charge on any atom is -0.465 e. The highest BCUT2D eigenvalue weighted by Crippen LogP contribution is 2.30. The molecule has 1 aromatic carbocycles. The molecule has 3 atom stereocenters. The minimum absolute atomic E-state index is 0.133. The van der Waals surface area contributed by atoms with Crippen molar-refractivity contribution in [3.8, 4) is 0 Å². The van der Waals surface area contributed by atoms with E-state index in [0.717, 1.165) is 44.3 Å². The Kier molecular flexibility index (Phi) is 11.3. The topological polar surface area (TPSA) is 88.2 Å². The number of carbonyl (C=O) groups is 3. The van der Waals surface area contributed by atoms with E-state index in [2.05, 4.69) is 10.2 Å². The number of benzene rings is 1. The molecule has 2 fully saturated rings. The summed E-state index contributed by atoms with van der Waals surface area (Å²) in [5.41, 5.74) is 0.0245. The van der Waals surface area contributed by atoms with Gasteiger partial charge in [-0.25, -0.2) is 4.79 Å². The van der Waals surface area contributed by atoms with Crippen molar-refractivity contribution in [3.05, 3.63) is 33.8 Å². The predicted octanol–water partition coefficient (Wildman–Crippen LogP) is 5.33. The van der Waals surface area contributed by atoms with Crippen LogP contribution in [0.15, 0.2) is 18.2 Å². The zero-order valence-corrected chi connectivity index (χ0v) is 25.3. The Bertz CT molecular complexity index is 1010. The molecular formula is C29H43Cl2N3O5. The summed E-state index contributed by atoms with van der Waals surface area (Å²) < 4.78 is 11.0. The van der Waals surface area contributed by atoms with Crippen molar-refractivity contribution in [1.82, 2.24) is 15.1 Å². The summed E-state index contributed by atoms with van der Waals surface area (Å²) in [5, 5.41) is 3.72. The summed E-state index contributed by atoms with van der Waals surface area (Å²) in [6.07, 6.45) is 3.98. The number of carbonyl (C=O) groups excluding carboxylic acids is 3. The van der Waals surface area contributed by atoms with Gasteiger partial charge in [0.1, 0.15) is 11.6 Å². The number of hydrogen-bond acceptors (Lipinski definition) is 6. The average Bonchev–Trinajstić information content (AvgIpc) is 2.87. The molecule has 3 unspecified atom stereocenters. The molecule has 1 N–H and O–H groups in total. The molecule has 1 heterocycles. The second-order valence-electron chi connectivity index (χ2n) is 11.9. The standard InChI is InChI=1S/C29H43Cl2N3O5/c1-19(2)27(36)38-18-21-8-6-7-9-25(21)33-12-14-34(15-13-33)26(35)24(32-28(37)39-29(3,4)5)16-20-10-11-22(30)17-23(20)31/h10-11,17,19,21,24-25H,6-9,12-16,18H2,1-5H3,(H,32,37). The van der Waals surface area contributed by atoms with Gasteiger partial charge in [-0.05, 0) is 51.3 Å². The van der Waals surface area contributed by atoms with Crippen LogP contribution in [0, 0.1) is 11.8 Å². The van der Waals surface area contributed by atoms with Crippen LogP contribution in [-0.2, 0) is 25.5 Å². The number of ether oxygens (including phenoxy) is 2. The summed E-state index contributed by atoms with van der Waals surface area (Å²) in [6, 6.07) is 4.62. The summed E-state index contributed by atoms with van der Waals surface area (Å²) >= 11 is 12.5. The van der Waals surface area contributed by atoms with Crippen LogP contribution in [0.1, 0.15) is 65.9 Å². The highest BCUT2D eigenvalue weighted by molar-refractivity contribution is 6.35. The number of esters is 1. The number of halogens is 2. The number of amides is 2. The van der Waals surface area contributed by atoms with Crippen molar-refractivity contribution in [2.24, 2.45) is 11.8 Å². The summed E-state index contributed by atoms with van der Waals surface area (Å²) in [6.45, 7) is 12.0. The molecule has 39 heavy (non-hydrogen) atoms. The fourth-order valence-electron chi connectivity index (χ4n) is 5.27. The normalized spacial score (nSPS) is 21.4. The van der Waals surface area contributed by atoms with E-state index in [9.17, 15) is 14.4 Å². The molecule has 1 aliphatic carbocycles. The Hall–Kier alpha value is -2.03. The Morgan fingerprint density at radius 3 is 2.33 bits per heavy atom. The highest BCUT2D eigenvalue weighted by atomic mass is 35.5. The zero-order chi connectivity index (χ0) is 28.7. The maximum absolute atomic E-state index is 13.7. The van der Waals surface area contributed by atoms with Gasteiger partial charge in [0.15, 0.2) is 0 Å². The second-order valence-corrected chi connectivity index (χ2v) is 12.7. The Morgan fingerprint density at radius 2 is 1.72 bits per heavy atom. The number of nitrogens with zero attached hydrogens (tertiary/aromatic N) is 2. The van der Waals surface area contributed by atoms with Gasteiger partial charge in [-0.15, -0.1) is 0 Å². The molecule has 8 nitrogen and oxygen atoms in total. The maximum Gasteiger partial charge on any atom is 0.408 e. The maximum atomic E-state index is 13.7. The van der Waals surface area contributed by atoms with E-state index < -0.39 is 17.7 Å². The fourth-order valence-corrected chi connectivity index (χ4v) is 5.76.